The average Bonchev–Trinajstić information content (AvgIpc) is 3.10. The van der Waals surface area contributed by atoms with E-state index in [0.29, 0.717) is 5.92 Å². The van der Waals surface area contributed by atoms with E-state index in [0.717, 1.165) is 50.1 Å². The summed E-state index contributed by atoms with van der Waals surface area (Å²) in [6.45, 7) is 10.2. The highest BCUT2D eigenvalue weighted by Crippen LogP contribution is 2.32. The molecule has 0 aliphatic carbocycles. The number of benzene rings is 1. The molecule has 0 aromatic heterocycles. The van der Waals surface area contributed by atoms with Gasteiger partial charge in [0.05, 0.1) is 14.2 Å². The molecule has 2 N–H and O–H groups in total. The van der Waals surface area contributed by atoms with Gasteiger partial charge in [0.25, 0.3) is 0 Å². The zero-order valence-electron chi connectivity index (χ0n) is 17.5. The molecule has 1 aromatic rings. The van der Waals surface area contributed by atoms with E-state index in [1.165, 1.54) is 5.56 Å². The lowest BCUT2D eigenvalue weighted by Crippen LogP contribution is -2.45. The van der Waals surface area contributed by atoms with Crippen LogP contribution in [0.4, 0.5) is 0 Å². The van der Waals surface area contributed by atoms with Gasteiger partial charge in [-0.3, -0.25) is 4.99 Å². The summed E-state index contributed by atoms with van der Waals surface area (Å²) in [5.41, 5.74) is 1.39. The van der Waals surface area contributed by atoms with Crippen LogP contribution < -0.4 is 20.1 Å². The lowest BCUT2D eigenvalue weighted by Gasteiger charge is -2.24. The molecule has 1 aliphatic rings. The highest BCUT2D eigenvalue weighted by molar-refractivity contribution is 14.0. The van der Waals surface area contributed by atoms with Crippen LogP contribution in [0.15, 0.2) is 23.2 Å². The minimum atomic E-state index is 0. The van der Waals surface area contributed by atoms with Gasteiger partial charge in [0.15, 0.2) is 5.96 Å². The molecular weight excluding hydrogens is 455 g/mol. The van der Waals surface area contributed by atoms with Crippen LogP contribution in [0.2, 0.25) is 0 Å². The van der Waals surface area contributed by atoms with Crippen molar-refractivity contribution in [1.29, 1.82) is 0 Å². The molecule has 27 heavy (non-hydrogen) atoms. The van der Waals surface area contributed by atoms with E-state index in [-0.39, 0.29) is 29.5 Å². The molecule has 6 nitrogen and oxygen atoms in total. The molecule has 0 amide bonds. The molecule has 0 saturated carbocycles. The van der Waals surface area contributed by atoms with Crippen LogP contribution >= 0.6 is 24.0 Å². The minimum Gasteiger partial charge on any atom is -0.497 e. The molecule has 1 unspecified atom stereocenters. The molecule has 1 aromatic carbocycles. The molecule has 1 atom stereocenters. The lowest BCUT2D eigenvalue weighted by atomic mass is 9.98. The van der Waals surface area contributed by atoms with Crippen LogP contribution in [-0.2, 0) is 0 Å². The van der Waals surface area contributed by atoms with Gasteiger partial charge in [-0.1, -0.05) is 0 Å². The molecule has 0 radical (unpaired) electrons. The van der Waals surface area contributed by atoms with Crippen molar-refractivity contribution in [3.63, 3.8) is 0 Å². The topological polar surface area (TPSA) is 58.1 Å². The Hall–Kier alpha value is -1.22. The smallest absolute Gasteiger partial charge is 0.193 e. The molecule has 1 saturated heterocycles. The number of likely N-dealkylation sites (tertiary alicyclic amines) is 1. The number of nitrogens with one attached hydrogen (secondary N) is 2. The Bertz CT molecular complexity index is 594. The van der Waals surface area contributed by atoms with Crippen LogP contribution in [-0.4, -0.2) is 63.8 Å². The van der Waals surface area contributed by atoms with Gasteiger partial charge in [0.2, 0.25) is 0 Å². The highest BCUT2D eigenvalue weighted by atomic mass is 127. The second-order valence-electron chi connectivity index (χ2n) is 7.73. The second kappa shape index (κ2) is 10.9. The summed E-state index contributed by atoms with van der Waals surface area (Å²) in [5, 5.41) is 6.95. The number of aliphatic imine (C=N–C) groups is 1. The highest BCUT2D eigenvalue weighted by Gasteiger charge is 2.26. The molecule has 2 rings (SSSR count). The zero-order chi connectivity index (χ0) is 19.2. The summed E-state index contributed by atoms with van der Waals surface area (Å²) in [6.07, 6.45) is 1.09. The van der Waals surface area contributed by atoms with Crippen molar-refractivity contribution in [2.45, 2.75) is 38.6 Å². The first-order valence-electron chi connectivity index (χ1n) is 9.30. The van der Waals surface area contributed by atoms with Gasteiger partial charge in [0.1, 0.15) is 11.5 Å². The van der Waals surface area contributed by atoms with E-state index in [4.69, 9.17) is 9.47 Å². The predicted molar refractivity (Wildman–Crippen MR) is 123 cm³/mol. The fraction of sp³-hybridized carbons (Fsp3) is 0.650. The first-order valence-corrected chi connectivity index (χ1v) is 9.30. The fourth-order valence-corrected chi connectivity index (χ4v) is 3.23. The summed E-state index contributed by atoms with van der Waals surface area (Å²) < 4.78 is 10.8. The zero-order valence-corrected chi connectivity index (χ0v) is 19.8. The van der Waals surface area contributed by atoms with Gasteiger partial charge in [-0.25, -0.2) is 0 Å². The van der Waals surface area contributed by atoms with Gasteiger partial charge in [-0.2, -0.15) is 0 Å². The monoisotopic (exact) mass is 490 g/mol. The van der Waals surface area contributed by atoms with E-state index in [1.54, 1.807) is 14.2 Å². The SMILES string of the molecule is CN=C(NCCNC(C)(C)C)N1CCC(c2cc(OC)cc(OC)c2)C1.I. The maximum absolute atomic E-state index is 5.41. The molecule has 7 heteroatoms. The Morgan fingerprint density at radius 2 is 1.78 bits per heavy atom. The summed E-state index contributed by atoms with van der Waals surface area (Å²) in [4.78, 5) is 6.78. The van der Waals surface area contributed by atoms with Crippen molar-refractivity contribution < 1.29 is 9.47 Å². The van der Waals surface area contributed by atoms with Crippen LogP contribution in [0.5, 0.6) is 11.5 Å². The molecule has 154 valence electrons. The number of hydrogen-bond donors (Lipinski definition) is 2. The van der Waals surface area contributed by atoms with E-state index >= 15 is 0 Å². The number of methoxy groups -OCH3 is 2. The Kier molecular flexibility index (Phi) is 9.66. The third kappa shape index (κ3) is 7.37. The maximum Gasteiger partial charge on any atom is 0.193 e. The van der Waals surface area contributed by atoms with Crippen LogP contribution in [0.1, 0.15) is 38.7 Å². The Morgan fingerprint density at radius 1 is 1.15 bits per heavy atom. The summed E-state index contributed by atoms with van der Waals surface area (Å²) in [5.74, 6) is 3.10. The van der Waals surface area contributed by atoms with E-state index < -0.39 is 0 Å². The maximum atomic E-state index is 5.41. The lowest BCUT2D eigenvalue weighted by molar-refractivity contribution is 0.392. The van der Waals surface area contributed by atoms with Crippen molar-refractivity contribution >= 4 is 29.9 Å². The predicted octanol–water partition coefficient (Wildman–Crippen LogP) is 3.07. The summed E-state index contributed by atoms with van der Waals surface area (Å²) in [6, 6.07) is 6.14. The third-order valence-corrected chi connectivity index (χ3v) is 4.61. The number of halogens is 1. The first kappa shape index (κ1) is 23.8. The molecule has 0 spiro atoms. The summed E-state index contributed by atoms with van der Waals surface area (Å²) >= 11 is 0. The minimum absolute atomic E-state index is 0. The molecular formula is C20H35IN4O2. The molecule has 1 aliphatic heterocycles. The van der Waals surface area contributed by atoms with Crippen molar-refractivity contribution in [2.24, 2.45) is 4.99 Å². The standard InChI is InChI=1S/C20H34N4O2.HI/c1-20(2,3)23-9-8-22-19(21-4)24-10-7-15(14-24)16-11-17(25-5)13-18(12-16)26-6;/h11-13,15,23H,7-10,14H2,1-6H3,(H,21,22);1H. The molecule has 1 fully saturated rings. The number of hydrogen-bond acceptors (Lipinski definition) is 4. The van der Waals surface area contributed by atoms with E-state index in [9.17, 15) is 0 Å². The Labute approximate surface area is 181 Å². The van der Waals surface area contributed by atoms with Crippen LogP contribution in [0.25, 0.3) is 0 Å². The average molecular weight is 490 g/mol. The largest absolute Gasteiger partial charge is 0.497 e. The van der Waals surface area contributed by atoms with E-state index in [2.05, 4.69) is 53.4 Å². The third-order valence-electron chi connectivity index (χ3n) is 4.61. The Balaban J connectivity index is 0.00000364. The Morgan fingerprint density at radius 3 is 2.30 bits per heavy atom. The van der Waals surface area contributed by atoms with Crippen molar-refractivity contribution in [1.82, 2.24) is 15.5 Å². The van der Waals surface area contributed by atoms with Crippen molar-refractivity contribution in [3.8, 4) is 11.5 Å². The quantitative estimate of drug-likeness (QED) is 0.278. The van der Waals surface area contributed by atoms with Crippen LogP contribution in [0.3, 0.4) is 0 Å². The summed E-state index contributed by atoms with van der Waals surface area (Å²) in [7, 11) is 5.23. The van der Waals surface area contributed by atoms with E-state index in [1.807, 2.05) is 13.1 Å². The number of guanidine groups is 1. The number of rotatable bonds is 6. The van der Waals surface area contributed by atoms with Crippen LogP contribution in [0, 0.1) is 0 Å². The van der Waals surface area contributed by atoms with Crippen molar-refractivity contribution in [3.05, 3.63) is 23.8 Å². The molecule has 0 bridgehead atoms. The van der Waals surface area contributed by atoms with Gasteiger partial charge in [-0.05, 0) is 44.9 Å². The van der Waals surface area contributed by atoms with Gasteiger partial charge in [-0.15, -0.1) is 24.0 Å². The van der Waals surface area contributed by atoms with Gasteiger partial charge in [0, 0.05) is 50.7 Å². The number of ether oxygens (including phenoxy) is 2. The molecule has 1 heterocycles. The number of nitrogens with zero attached hydrogens (tertiary/aromatic N) is 2. The first-order chi connectivity index (χ1) is 12.4. The van der Waals surface area contributed by atoms with Gasteiger partial charge >= 0.3 is 0 Å². The fourth-order valence-electron chi connectivity index (χ4n) is 3.23. The van der Waals surface area contributed by atoms with Gasteiger partial charge < -0.3 is 25.0 Å². The van der Waals surface area contributed by atoms with Crippen molar-refractivity contribution in [2.75, 3.05) is 47.4 Å². The normalized spacial score (nSPS) is 17.5. The second-order valence-corrected chi connectivity index (χ2v) is 7.73.